The lowest BCUT2D eigenvalue weighted by Crippen LogP contribution is -2.55. The van der Waals surface area contributed by atoms with Crippen LogP contribution in [0, 0.1) is 13.8 Å². The van der Waals surface area contributed by atoms with E-state index in [2.05, 4.69) is 41.1 Å². The molecule has 0 aliphatic carbocycles. The molecule has 9 N–H and O–H groups in total. The summed E-state index contributed by atoms with van der Waals surface area (Å²) in [6.45, 7) is 8.97. The number of carbonyl (C=O) groups excluding carboxylic acids is 3. The molecule has 2 aromatic carbocycles. The van der Waals surface area contributed by atoms with Crippen molar-refractivity contribution in [2.24, 2.45) is 16.5 Å². The number of amides is 3. The van der Waals surface area contributed by atoms with E-state index in [1.165, 1.54) is 0 Å². The van der Waals surface area contributed by atoms with Crippen LogP contribution in [0.1, 0.15) is 85.8 Å². The predicted molar refractivity (Wildman–Crippen MR) is 198 cm³/mol. The van der Waals surface area contributed by atoms with Gasteiger partial charge in [-0.05, 0) is 94.7 Å². The fourth-order valence-electron chi connectivity index (χ4n) is 5.70. The molecule has 4 aromatic rings. The van der Waals surface area contributed by atoms with E-state index < -0.39 is 41.6 Å². The van der Waals surface area contributed by atoms with E-state index in [0.29, 0.717) is 31.6 Å². The molecule has 3 atom stereocenters. The summed E-state index contributed by atoms with van der Waals surface area (Å²) in [6, 6.07) is 9.89. The number of phenols is 1. The van der Waals surface area contributed by atoms with Crippen molar-refractivity contribution in [3.05, 3.63) is 94.7 Å². The number of aromatic amines is 1. The number of hydrogen-bond donors (Lipinski definition) is 7. The molecule has 0 aliphatic rings. The van der Waals surface area contributed by atoms with Crippen LogP contribution in [-0.4, -0.2) is 73.4 Å². The van der Waals surface area contributed by atoms with Crippen molar-refractivity contribution in [1.82, 2.24) is 36.1 Å². The second-order valence-corrected chi connectivity index (χ2v) is 13.8. The van der Waals surface area contributed by atoms with E-state index in [4.69, 9.17) is 20.6 Å². The zero-order valence-corrected chi connectivity index (χ0v) is 30.8. The molecule has 53 heavy (non-hydrogen) atoms. The lowest BCUT2D eigenvalue weighted by molar-refractivity contribution is -0.130. The van der Waals surface area contributed by atoms with Crippen LogP contribution in [0.5, 0.6) is 5.75 Å². The fourth-order valence-corrected chi connectivity index (χ4v) is 5.70. The van der Waals surface area contributed by atoms with E-state index >= 15 is 0 Å². The molecule has 284 valence electrons. The number of aliphatic imine (C=N–C) groups is 1. The van der Waals surface area contributed by atoms with Crippen molar-refractivity contribution in [3.8, 4) is 5.75 Å². The minimum absolute atomic E-state index is 0.0685. The smallest absolute Gasteiger partial charge is 0.408 e. The normalized spacial score (nSPS) is 13.0. The highest BCUT2D eigenvalue weighted by Crippen LogP contribution is 2.24. The number of nitrogens with zero attached hydrogens (tertiary/aromatic N) is 4. The number of aryl methyl sites for hydroxylation is 3. The summed E-state index contributed by atoms with van der Waals surface area (Å²) in [7, 11) is 0. The minimum atomic E-state index is -1.13. The van der Waals surface area contributed by atoms with Gasteiger partial charge >= 0.3 is 6.09 Å². The van der Waals surface area contributed by atoms with Gasteiger partial charge in [0, 0.05) is 24.9 Å². The molecular weight excluding hydrogens is 680 g/mol. The second kappa shape index (κ2) is 18.5. The Balaban J connectivity index is 1.62. The Morgan fingerprint density at radius 3 is 2.32 bits per heavy atom. The number of benzene rings is 2. The van der Waals surface area contributed by atoms with Gasteiger partial charge in [0.15, 0.2) is 5.96 Å². The van der Waals surface area contributed by atoms with Gasteiger partial charge in [0.05, 0.1) is 12.7 Å². The third-order valence-electron chi connectivity index (χ3n) is 8.23. The van der Waals surface area contributed by atoms with Gasteiger partial charge in [-0.1, -0.05) is 30.3 Å². The highest BCUT2D eigenvalue weighted by molar-refractivity contribution is 5.91. The monoisotopic (exact) mass is 730 g/mol. The number of alkyl carbamates (subject to hydrolysis) is 1. The molecule has 16 nitrogen and oxygen atoms in total. The van der Waals surface area contributed by atoms with Crippen LogP contribution in [0.4, 0.5) is 4.79 Å². The maximum Gasteiger partial charge on any atom is 0.408 e. The summed E-state index contributed by atoms with van der Waals surface area (Å²) in [6.07, 6.45) is 4.29. The van der Waals surface area contributed by atoms with E-state index in [1.807, 2.05) is 44.2 Å². The molecule has 3 amide bonds. The molecule has 0 saturated carbocycles. The third-order valence-corrected chi connectivity index (χ3v) is 8.23. The predicted octanol–water partition coefficient (Wildman–Crippen LogP) is 3.17. The lowest BCUT2D eigenvalue weighted by Gasteiger charge is -2.27. The van der Waals surface area contributed by atoms with Gasteiger partial charge in [-0.15, -0.1) is 10.2 Å². The Hall–Kier alpha value is -5.93. The molecule has 4 rings (SSSR count). The van der Waals surface area contributed by atoms with Gasteiger partial charge in [0.1, 0.15) is 29.5 Å². The first-order valence-corrected chi connectivity index (χ1v) is 17.4. The number of rotatable bonds is 17. The molecule has 16 heteroatoms. The molecule has 0 aliphatic heterocycles. The summed E-state index contributed by atoms with van der Waals surface area (Å²) in [4.78, 5) is 52.3. The Morgan fingerprint density at radius 2 is 1.68 bits per heavy atom. The Labute approximate surface area is 308 Å². The molecule has 0 radical (unpaired) electrons. The number of hydrogen-bond acceptors (Lipinski definition) is 10. The van der Waals surface area contributed by atoms with Gasteiger partial charge in [-0.2, -0.15) is 0 Å². The number of guanidine groups is 1. The van der Waals surface area contributed by atoms with Crippen LogP contribution in [0.25, 0.3) is 0 Å². The Kier molecular flexibility index (Phi) is 13.9. The number of ether oxygens (including phenoxy) is 1. The van der Waals surface area contributed by atoms with E-state index in [1.54, 1.807) is 45.4 Å². The highest BCUT2D eigenvalue weighted by Gasteiger charge is 2.31. The molecule has 0 fully saturated rings. The van der Waals surface area contributed by atoms with Crippen LogP contribution in [0.2, 0.25) is 0 Å². The average molecular weight is 731 g/mol. The topological polar surface area (TPSA) is 249 Å². The zero-order chi connectivity index (χ0) is 38.5. The van der Waals surface area contributed by atoms with Crippen molar-refractivity contribution in [2.75, 3.05) is 6.54 Å². The van der Waals surface area contributed by atoms with Gasteiger partial charge in [-0.3, -0.25) is 14.6 Å². The summed E-state index contributed by atoms with van der Waals surface area (Å²) < 4.78 is 11.5. The molecule has 0 bridgehead atoms. The molecule has 0 unspecified atom stereocenters. The first kappa shape index (κ1) is 39.8. The first-order chi connectivity index (χ1) is 25.2. The number of H-pyrrole nitrogens is 1. The SMILES string of the molecule is Cc1cc(O)cc(C)c1C[C@H](NC(=O)[C@@H](CCCN=C(N)N)NC(=O)OC(C)(C)C)C(=O)N[C@@H](CCc1cnc[nH]1)c1nnc(Cc2ccccc2)o1. The van der Waals surface area contributed by atoms with Crippen molar-refractivity contribution in [1.29, 1.82) is 0 Å². The quantitative estimate of drug-likeness (QED) is 0.0472. The summed E-state index contributed by atoms with van der Waals surface area (Å²) in [5.41, 5.74) is 14.2. The van der Waals surface area contributed by atoms with Gasteiger partial charge in [0.25, 0.3) is 0 Å². The molecule has 2 aromatic heterocycles. The van der Waals surface area contributed by atoms with Crippen LogP contribution >= 0.6 is 0 Å². The van der Waals surface area contributed by atoms with E-state index in [9.17, 15) is 19.5 Å². The van der Waals surface area contributed by atoms with E-state index in [-0.39, 0.29) is 37.0 Å². The van der Waals surface area contributed by atoms with Crippen molar-refractivity contribution in [2.45, 2.75) is 96.9 Å². The Bertz CT molecular complexity index is 1810. The zero-order valence-electron chi connectivity index (χ0n) is 30.8. The number of nitrogens with two attached hydrogens (primary N) is 2. The molecule has 2 heterocycles. The maximum atomic E-state index is 14.3. The van der Waals surface area contributed by atoms with E-state index in [0.717, 1.165) is 27.9 Å². The Morgan fingerprint density at radius 1 is 0.981 bits per heavy atom. The number of aromatic hydroxyl groups is 1. The third kappa shape index (κ3) is 13.0. The van der Waals surface area contributed by atoms with Crippen LogP contribution in [0.3, 0.4) is 0 Å². The molecule has 0 spiro atoms. The highest BCUT2D eigenvalue weighted by atomic mass is 16.6. The number of carbonyl (C=O) groups is 3. The van der Waals surface area contributed by atoms with Gasteiger partial charge in [0.2, 0.25) is 23.6 Å². The lowest BCUT2D eigenvalue weighted by atomic mass is 9.95. The number of aromatic nitrogens is 4. The van der Waals surface area contributed by atoms with Crippen molar-refractivity contribution < 1.29 is 28.6 Å². The summed E-state index contributed by atoms with van der Waals surface area (Å²) in [5.74, 6) is -0.583. The summed E-state index contributed by atoms with van der Waals surface area (Å²) >= 11 is 0. The minimum Gasteiger partial charge on any atom is -0.508 e. The number of imidazole rings is 1. The number of nitrogens with one attached hydrogen (secondary N) is 4. The van der Waals surface area contributed by atoms with Crippen LogP contribution in [0.15, 0.2) is 64.4 Å². The molecular formula is C37H50N10O6. The fraction of sp³-hybridized carbons (Fsp3) is 0.432. The standard InChI is InChI=1S/C37H50N10O6/c1-22-16-26(48)17-23(2)27(22)19-30(44-32(49)28(12-9-15-41-35(38)39)45-36(51)53-37(3,4)5)33(50)43-29(14-13-25-20-40-21-42-25)34-47-46-31(52-34)18-24-10-7-6-8-11-24/h6-8,10-11,16-17,20-21,28-30,48H,9,12-15,18-19H2,1-5H3,(H,40,42)(H,43,50)(H,44,49)(H,45,51)(H4,38,39,41)/t28-,29+,30+/m1/s1. The van der Waals surface area contributed by atoms with Crippen LogP contribution in [-0.2, 0) is 33.6 Å². The number of phenolic OH excluding ortho intramolecular Hbond substituents is 1. The van der Waals surface area contributed by atoms with Gasteiger partial charge in [-0.25, -0.2) is 9.78 Å². The second-order valence-electron chi connectivity index (χ2n) is 13.8. The average Bonchev–Trinajstić information content (AvgIpc) is 3.77. The maximum absolute atomic E-state index is 14.3. The van der Waals surface area contributed by atoms with Crippen molar-refractivity contribution in [3.63, 3.8) is 0 Å². The van der Waals surface area contributed by atoms with Crippen molar-refractivity contribution >= 4 is 23.9 Å². The van der Waals surface area contributed by atoms with Crippen LogP contribution < -0.4 is 27.4 Å². The molecule has 0 saturated heterocycles. The summed E-state index contributed by atoms with van der Waals surface area (Å²) in [5, 5.41) is 27.3. The first-order valence-electron chi connectivity index (χ1n) is 17.4. The van der Waals surface area contributed by atoms with Gasteiger partial charge < -0.3 is 46.7 Å². The largest absolute Gasteiger partial charge is 0.508 e.